The molecule has 0 aliphatic heterocycles. The van der Waals surface area contributed by atoms with Gasteiger partial charge in [0.2, 0.25) is 0 Å². The zero-order valence-corrected chi connectivity index (χ0v) is 29.6. The lowest BCUT2D eigenvalue weighted by Gasteiger charge is -2.24. The monoisotopic (exact) mass is 722 g/mol. The first-order valence-electron chi connectivity index (χ1n) is 15.7. The number of carbonyl (C=O) groups excluding carboxylic acids is 3. The number of benzene rings is 2. The van der Waals surface area contributed by atoms with Crippen LogP contribution in [0.25, 0.3) is 33.3 Å². The van der Waals surface area contributed by atoms with Crippen molar-refractivity contribution in [2.24, 2.45) is 7.05 Å². The quantitative estimate of drug-likeness (QED) is 0.0882. The predicted octanol–water partition coefficient (Wildman–Crippen LogP) is 6.87. The average molecular weight is 723 g/mol. The Balaban J connectivity index is 1.94. The van der Waals surface area contributed by atoms with Crippen LogP contribution in [0.3, 0.4) is 0 Å². The molecule has 3 amide bonds. The molecule has 2 heterocycles. The van der Waals surface area contributed by atoms with Gasteiger partial charge < -0.3 is 35.7 Å². The molecule has 52 heavy (non-hydrogen) atoms. The number of hydrogen-bond acceptors (Lipinski definition) is 7. The Hall–Kier alpha value is -6.04. The van der Waals surface area contributed by atoms with Crippen LogP contribution in [0.15, 0.2) is 61.1 Å². The number of hydrogen-bond donors (Lipinski definition) is 4. The van der Waals surface area contributed by atoms with Gasteiger partial charge in [-0.15, -0.1) is 0 Å². The third kappa shape index (κ3) is 9.19. The molecule has 274 valence electrons. The van der Waals surface area contributed by atoms with Gasteiger partial charge in [-0.3, -0.25) is 9.59 Å². The molecule has 11 nitrogen and oxygen atoms in total. The third-order valence-corrected chi connectivity index (χ3v) is 7.41. The normalized spacial score (nSPS) is 11.7. The minimum absolute atomic E-state index is 0.0120. The minimum atomic E-state index is -4.62. The van der Waals surface area contributed by atoms with Gasteiger partial charge in [0, 0.05) is 24.5 Å². The van der Waals surface area contributed by atoms with Crippen LogP contribution in [0.2, 0.25) is 0 Å². The van der Waals surface area contributed by atoms with Crippen LogP contribution >= 0.6 is 0 Å². The maximum absolute atomic E-state index is 13.4. The topological polar surface area (TPSA) is 150 Å². The first-order valence-corrected chi connectivity index (χ1v) is 15.7. The van der Waals surface area contributed by atoms with E-state index in [0.29, 0.717) is 38.9 Å². The van der Waals surface area contributed by atoms with Crippen molar-refractivity contribution in [2.45, 2.75) is 51.9 Å². The molecule has 0 fully saturated rings. The molecule has 0 saturated carbocycles. The van der Waals surface area contributed by atoms with E-state index in [1.54, 1.807) is 65.9 Å². The van der Waals surface area contributed by atoms with Gasteiger partial charge in [-0.2, -0.15) is 13.2 Å². The summed E-state index contributed by atoms with van der Waals surface area (Å²) in [6.07, 6.45) is -3.79. The number of nitrogens with one attached hydrogen (secondary N) is 3. The summed E-state index contributed by atoms with van der Waals surface area (Å²) in [7, 11) is 3.04. The SMILES string of the molecule is C=C(F)C(=O)Nc1ccc(-c2c(-c3ccc(C(=O)NCC(F)(F)F)c(OC)c3)c3c(N)ncc(C#CC(C)(C)NC(=O)OC(C)(C)C)c3n2C)cc1. The molecule has 5 N–H and O–H groups in total. The number of anilines is 2. The van der Waals surface area contributed by atoms with Crippen molar-refractivity contribution < 1.29 is 41.4 Å². The van der Waals surface area contributed by atoms with Crippen LogP contribution in [-0.2, 0) is 16.6 Å². The fourth-order valence-electron chi connectivity index (χ4n) is 5.25. The van der Waals surface area contributed by atoms with Crippen LogP contribution in [0.4, 0.5) is 33.9 Å². The smallest absolute Gasteiger partial charge is 0.408 e. The fourth-order valence-corrected chi connectivity index (χ4v) is 5.25. The van der Waals surface area contributed by atoms with E-state index in [9.17, 15) is 31.9 Å². The molecule has 0 saturated heterocycles. The van der Waals surface area contributed by atoms with E-state index >= 15 is 0 Å². The van der Waals surface area contributed by atoms with Crippen molar-refractivity contribution >= 4 is 40.3 Å². The molecule has 0 radical (unpaired) electrons. The van der Waals surface area contributed by atoms with Crippen molar-refractivity contribution in [1.82, 2.24) is 20.2 Å². The lowest BCUT2D eigenvalue weighted by Crippen LogP contribution is -2.44. The highest BCUT2D eigenvalue weighted by Crippen LogP contribution is 2.44. The number of alkyl halides is 3. The molecule has 0 bridgehead atoms. The fraction of sp³-hybridized carbons (Fsp3) is 0.297. The second kappa shape index (κ2) is 14.7. The number of aryl methyl sites for hydroxylation is 1. The summed E-state index contributed by atoms with van der Waals surface area (Å²) < 4.78 is 64.5. The van der Waals surface area contributed by atoms with Crippen molar-refractivity contribution in [3.8, 4) is 40.0 Å². The van der Waals surface area contributed by atoms with Gasteiger partial charge in [0.1, 0.15) is 23.7 Å². The van der Waals surface area contributed by atoms with E-state index in [1.807, 2.05) is 9.88 Å². The van der Waals surface area contributed by atoms with E-state index < -0.39 is 47.6 Å². The Morgan fingerprint density at radius 2 is 1.65 bits per heavy atom. The van der Waals surface area contributed by atoms with Gasteiger partial charge in [0.05, 0.1) is 40.4 Å². The number of aromatic nitrogens is 2. The third-order valence-electron chi connectivity index (χ3n) is 7.41. The standard InChI is InChI=1S/C37H38F4N6O5/c1-20(38)32(48)45-24-12-9-21(10-13-24)29-27(22-11-14-25(26(17-22)51-8)33(49)44-19-37(39,40)41)28-30(47(29)7)23(18-43-31(28)42)15-16-36(5,6)46-34(50)52-35(2,3)4/h9-14,17-18H,1,19H2,2-8H3,(H2,42,43)(H,44,49)(H,45,48)(H,46,50). The molecule has 4 aromatic rings. The zero-order chi connectivity index (χ0) is 38.8. The first kappa shape index (κ1) is 38.8. The van der Waals surface area contributed by atoms with E-state index in [2.05, 4.69) is 34.0 Å². The lowest BCUT2D eigenvalue weighted by atomic mass is 9.96. The summed E-state index contributed by atoms with van der Waals surface area (Å²) in [5, 5.41) is 7.44. The van der Waals surface area contributed by atoms with Crippen molar-refractivity contribution in [1.29, 1.82) is 0 Å². The van der Waals surface area contributed by atoms with Gasteiger partial charge in [0.25, 0.3) is 11.8 Å². The van der Waals surface area contributed by atoms with E-state index in [0.717, 1.165) is 0 Å². The Kier molecular flexibility index (Phi) is 10.9. The summed E-state index contributed by atoms with van der Waals surface area (Å²) in [4.78, 5) is 41.5. The molecular weight excluding hydrogens is 684 g/mol. The summed E-state index contributed by atoms with van der Waals surface area (Å²) in [5.74, 6) is 3.10. The van der Waals surface area contributed by atoms with Crippen LogP contribution in [0.5, 0.6) is 5.75 Å². The Morgan fingerprint density at radius 1 is 1.02 bits per heavy atom. The Morgan fingerprint density at radius 3 is 2.23 bits per heavy atom. The zero-order valence-electron chi connectivity index (χ0n) is 29.6. The van der Waals surface area contributed by atoms with Crippen LogP contribution < -0.4 is 26.4 Å². The molecule has 0 unspecified atom stereocenters. The van der Waals surface area contributed by atoms with Gasteiger partial charge in [-0.05, 0) is 70.0 Å². The summed E-state index contributed by atoms with van der Waals surface area (Å²) in [6.45, 7) is 10.1. The number of amides is 3. The highest BCUT2D eigenvalue weighted by atomic mass is 19.4. The van der Waals surface area contributed by atoms with E-state index in [4.69, 9.17) is 15.2 Å². The van der Waals surface area contributed by atoms with E-state index in [1.165, 1.54) is 31.5 Å². The maximum atomic E-state index is 13.4. The van der Waals surface area contributed by atoms with Crippen LogP contribution in [0.1, 0.15) is 50.5 Å². The Labute approximate surface area is 297 Å². The molecule has 15 heteroatoms. The number of nitrogens with two attached hydrogens (primary N) is 1. The maximum Gasteiger partial charge on any atom is 0.408 e. The van der Waals surface area contributed by atoms with Crippen molar-refractivity contribution in [3.63, 3.8) is 0 Å². The highest BCUT2D eigenvalue weighted by molar-refractivity contribution is 6.11. The average Bonchev–Trinajstić information content (AvgIpc) is 3.35. The molecule has 0 atom stereocenters. The van der Waals surface area contributed by atoms with Gasteiger partial charge in [-0.25, -0.2) is 14.2 Å². The number of halogens is 4. The minimum Gasteiger partial charge on any atom is -0.496 e. The molecule has 2 aromatic carbocycles. The number of rotatable bonds is 8. The number of fused-ring (bicyclic) bond motifs is 1. The second-order valence-corrected chi connectivity index (χ2v) is 13.2. The van der Waals surface area contributed by atoms with Crippen molar-refractivity contribution in [2.75, 3.05) is 24.7 Å². The predicted molar refractivity (Wildman–Crippen MR) is 190 cm³/mol. The van der Waals surface area contributed by atoms with Gasteiger partial charge in [0.15, 0.2) is 5.83 Å². The molecule has 0 spiro atoms. The molecule has 0 aliphatic carbocycles. The number of methoxy groups -OCH3 is 1. The molecule has 2 aromatic heterocycles. The van der Waals surface area contributed by atoms with Crippen molar-refractivity contribution in [3.05, 3.63) is 72.2 Å². The number of ether oxygens (including phenoxy) is 2. The molecular formula is C37H38F4N6O5. The summed E-state index contributed by atoms with van der Waals surface area (Å²) in [5.41, 5.74) is 8.00. The lowest BCUT2D eigenvalue weighted by molar-refractivity contribution is -0.123. The van der Waals surface area contributed by atoms with Crippen LogP contribution in [0, 0.1) is 11.8 Å². The second-order valence-electron chi connectivity index (χ2n) is 13.2. The summed E-state index contributed by atoms with van der Waals surface area (Å²) in [6, 6.07) is 10.8. The number of alkyl carbamates (subject to hydrolysis) is 1. The number of nitrogen functional groups attached to an aromatic ring is 1. The number of nitrogens with zero attached hydrogens (tertiary/aromatic N) is 2. The largest absolute Gasteiger partial charge is 0.496 e. The first-order chi connectivity index (χ1) is 24.1. The number of carbonyl (C=O) groups is 3. The number of pyridine rings is 1. The molecule has 0 aliphatic rings. The van der Waals surface area contributed by atoms with E-state index in [-0.39, 0.29) is 22.8 Å². The van der Waals surface area contributed by atoms with Gasteiger partial charge in [-0.1, -0.05) is 36.6 Å². The summed E-state index contributed by atoms with van der Waals surface area (Å²) >= 11 is 0. The molecule has 4 rings (SSSR count). The van der Waals surface area contributed by atoms with Gasteiger partial charge >= 0.3 is 12.3 Å². The van der Waals surface area contributed by atoms with Crippen LogP contribution in [-0.4, -0.2) is 58.4 Å². The Bertz CT molecular complexity index is 2120. The highest BCUT2D eigenvalue weighted by Gasteiger charge is 2.29.